The SMILES string of the molecule is CCN1CCN(C(=O)c2sc3nc(-c4ccccc4)cc(-c4cccc(OC)c4OC)c3c2N)CC1. The van der Waals surface area contributed by atoms with Gasteiger partial charge in [-0.1, -0.05) is 49.4 Å². The number of hydrogen-bond acceptors (Lipinski definition) is 7. The van der Waals surface area contributed by atoms with E-state index in [1.54, 1.807) is 14.2 Å². The zero-order chi connectivity index (χ0) is 25.2. The van der Waals surface area contributed by atoms with Crippen LogP contribution >= 0.6 is 11.3 Å². The molecule has 0 radical (unpaired) electrons. The molecule has 1 aliphatic rings. The van der Waals surface area contributed by atoms with E-state index in [-0.39, 0.29) is 5.91 Å². The monoisotopic (exact) mass is 502 g/mol. The fourth-order valence-corrected chi connectivity index (χ4v) is 5.85. The molecule has 0 saturated carbocycles. The van der Waals surface area contributed by atoms with Gasteiger partial charge in [0, 0.05) is 48.3 Å². The lowest BCUT2D eigenvalue weighted by Crippen LogP contribution is -2.48. The largest absolute Gasteiger partial charge is 0.493 e. The number of fused-ring (bicyclic) bond motifs is 1. The summed E-state index contributed by atoms with van der Waals surface area (Å²) >= 11 is 1.36. The second kappa shape index (κ2) is 10.2. The third-order valence-electron chi connectivity index (χ3n) is 6.76. The normalized spacial score (nSPS) is 14.2. The molecule has 2 aromatic heterocycles. The first-order valence-corrected chi connectivity index (χ1v) is 12.9. The Balaban J connectivity index is 1.69. The van der Waals surface area contributed by atoms with E-state index in [0.29, 0.717) is 35.2 Å². The number of anilines is 1. The van der Waals surface area contributed by atoms with Crippen molar-refractivity contribution in [2.75, 3.05) is 52.7 Å². The maximum absolute atomic E-state index is 13.6. The van der Waals surface area contributed by atoms with Crippen molar-refractivity contribution in [1.29, 1.82) is 0 Å². The first-order chi connectivity index (χ1) is 17.5. The number of likely N-dealkylation sites (N-methyl/N-ethyl adjacent to an activating group) is 1. The van der Waals surface area contributed by atoms with Crippen molar-refractivity contribution in [1.82, 2.24) is 14.8 Å². The van der Waals surface area contributed by atoms with E-state index in [2.05, 4.69) is 11.8 Å². The molecule has 186 valence electrons. The van der Waals surface area contributed by atoms with E-state index >= 15 is 0 Å². The number of benzene rings is 2. The molecule has 4 aromatic rings. The van der Waals surface area contributed by atoms with Crippen LogP contribution in [0.25, 0.3) is 32.6 Å². The molecule has 1 aliphatic heterocycles. The average Bonchev–Trinajstić information content (AvgIpc) is 3.28. The van der Waals surface area contributed by atoms with Crippen molar-refractivity contribution in [2.24, 2.45) is 0 Å². The van der Waals surface area contributed by atoms with E-state index in [1.165, 1.54) is 11.3 Å². The molecule has 0 aliphatic carbocycles. The van der Waals surface area contributed by atoms with Gasteiger partial charge in [-0.25, -0.2) is 4.98 Å². The summed E-state index contributed by atoms with van der Waals surface area (Å²) in [6, 6.07) is 17.8. The average molecular weight is 503 g/mol. The number of nitrogens with zero attached hydrogens (tertiary/aromatic N) is 3. The van der Waals surface area contributed by atoms with Gasteiger partial charge >= 0.3 is 0 Å². The number of nitrogen functional groups attached to an aromatic ring is 1. The summed E-state index contributed by atoms with van der Waals surface area (Å²) in [6.45, 7) is 6.27. The fourth-order valence-electron chi connectivity index (χ4n) is 4.76. The molecule has 0 bridgehead atoms. The van der Waals surface area contributed by atoms with Gasteiger partial charge < -0.3 is 25.0 Å². The minimum absolute atomic E-state index is 0.0314. The number of carbonyl (C=O) groups excluding carboxylic acids is 1. The molecule has 7 nitrogen and oxygen atoms in total. The molecule has 5 rings (SSSR count). The third-order valence-corrected chi connectivity index (χ3v) is 7.85. The Morgan fingerprint density at radius 3 is 2.42 bits per heavy atom. The molecule has 3 heterocycles. The molecular weight excluding hydrogens is 472 g/mol. The molecule has 2 aromatic carbocycles. The van der Waals surface area contributed by atoms with E-state index in [4.69, 9.17) is 20.2 Å². The zero-order valence-corrected chi connectivity index (χ0v) is 21.6. The Hall–Kier alpha value is -3.62. The van der Waals surface area contributed by atoms with Crippen LogP contribution < -0.4 is 15.2 Å². The van der Waals surface area contributed by atoms with Crippen molar-refractivity contribution in [2.45, 2.75) is 6.92 Å². The smallest absolute Gasteiger partial charge is 0.266 e. The number of amides is 1. The van der Waals surface area contributed by atoms with Crippen LogP contribution in [0.15, 0.2) is 54.6 Å². The van der Waals surface area contributed by atoms with Crippen molar-refractivity contribution >= 4 is 33.1 Å². The Bertz CT molecular complexity index is 1400. The number of para-hydroxylation sites is 1. The maximum atomic E-state index is 13.6. The van der Waals surface area contributed by atoms with Crippen LogP contribution in [0, 0.1) is 0 Å². The minimum Gasteiger partial charge on any atom is -0.493 e. The number of methoxy groups -OCH3 is 2. The first kappa shape index (κ1) is 24.1. The van der Waals surface area contributed by atoms with Crippen LogP contribution in [0.5, 0.6) is 11.5 Å². The number of piperazine rings is 1. The molecule has 1 amide bonds. The number of hydrogen-bond donors (Lipinski definition) is 1. The van der Waals surface area contributed by atoms with Crippen LogP contribution in [0.1, 0.15) is 16.6 Å². The highest BCUT2D eigenvalue weighted by Crippen LogP contribution is 2.46. The van der Waals surface area contributed by atoms with E-state index in [9.17, 15) is 4.79 Å². The second-order valence-corrected chi connectivity index (χ2v) is 9.71. The van der Waals surface area contributed by atoms with Gasteiger partial charge in [0.2, 0.25) is 0 Å². The van der Waals surface area contributed by atoms with E-state index in [1.807, 2.05) is 59.5 Å². The summed E-state index contributed by atoms with van der Waals surface area (Å²) in [4.78, 5) is 24.0. The number of pyridine rings is 1. The van der Waals surface area contributed by atoms with Gasteiger partial charge in [-0.2, -0.15) is 0 Å². The van der Waals surface area contributed by atoms with Crippen LogP contribution in [0.4, 0.5) is 5.69 Å². The summed E-state index contributed by atoms with van der Waals surface area (Å²) < 4.78 is 11.3. The molecular formula is C28H30N4O3S. The van der Waals surface area contributed by atoms with Crippen molar-refractivity contribution < 1.29 is 14.3 Å². The van der Waals surface area contributed by atoms with Gasteiger partial charge in [-0.05, 0) is 18.7 Å². The van der Waals surface area contributed by atoms with Gasteiger partial charge in [-0.3, -0.25) is 4.79 Å². The summed E-state index contributed by atoms with van der Waals surface area (Å²) in [5, 5.41) is 0.766. The first-order valence-electron chi connectivity index (χ1n) is 12.1. The Morgan fingerprint density at radius 2 is 1.75 bits per heavy atom. The highest BCUT2D eigenvalue weighted by molar-refractivity contribution is 7.21. The molecule has 1 saturated heterocycles. The standard InChI is InChI=1S/C28H30N4O3S/c1-4-31-13-15-32(16-14-31)28(33)26-24(29)23-20(19-11-8-12-22(34-2)25(19)35-3)17-21(30-27(23)36-26)18-9-6-5-7-10-18/h5-12,17H,4,13-16,29H2,1-3H3. The van der Waals surface area contributed by atoms with Crippen LogP contribution in [0.3, 0.4) is 0 Å². The lowest BCUT2D eigenvalue weighted by Gasteiger charge is -2.33. The number of nitrogens with two attached hydrogens (primary N) is 1. The van der Waals surface area contributed by atoms with Gasteiger partial charge in [0.25, 0.3) is 5.91 Å². The highest BCUT2D eigenvalue weighted by Gasteiger charge is 2.28. The molecule has 36 heavy (non-hydrogen) atoms. The molecule has 0 unspecified atom stereocenters. The predicted molar refractivity (Wildman–Crippen MR) is 146 cm³/mol. The molecule has 8 heteroatoms. The van der Waals surface area contributed by atoms with Gasteiger partial charge in [0.05, 0.1) is 25.6 Å². The third kappa shape index (κ3) is 4.27. The quantitative estimate of drug-likeness (QED) is 0.399. The fraction of sp³-hybridized carbons (Fsp3) is 0.286. The van der Waals surface area contributed by atoms with Crippen molar-refractivity contribution in [3.05, 3.63) is 59.5 Å². The Morgan fingerprint density at radius 1 is 1.00 bits per heavy atom. The number of ether oxygens (including phenoxy) is 2. The molecule has 2 N–H and O–H groups in total. The Kier molecular flexibility index (Phi) is 6.80. The topological polar surface area (TPSA) is 80.9 Å². The summed E-state index contributed by atoms with van der Waals surface area (Å²) in [5.41, 5.74) is 10.7. The Labute approximate surface area is 215 Å². The second-order valence-electron chi connectivity index (χ2n) is 8.71. The van der Waals surface area contributed by atoms with Gasteiger partial charge in [-0.15, -0.1) is 11.3 Å². The predicted octanol–water partition coefficient (Wildman–Crippen LogP) is 5.01. The van der Waals surface area contributed by atoms with E-state index in [0.717, 1.165) is 52.2 Å². The molecule has 0 spiro atoms. The number of aromatic nitrogens is 1. The number of carbonyl (C=O) groups is 1. The molecule has 1 fully saturated rings. The van der Waals surface area contributed by atoms with E-state index < -0.39 is 0 Å². The minimum atomic E-state index is -0.0314. The van der Waals surface area contributed by atoms with Crippen LogP contribution in [-0.4, -0.2) is 67.6 Å². The molecule has 0 atom stereocenters. The van der Waals surface area contributed by atoms with Gasteiger partial charge in [0.1, 0.15) is 9.71 Å². The van der Waals surface area contributed by atoms with Gasteiger partial charge in [0.15, 0.2) is 11.5 Å². The lowest BCUT2D eigenvalue weighted by molar-refractivity contribution is 0.0649. The summed E-state index contributed by atoms with van der Waals surface area (Å²) in [7, 11) is 3.24. The number of rotatable bonds is 6. The van der Waals surface area contributed by atoms with Crippen molar-refractivity contribution in [3.8, 4) is 33.9 Å². The van der Waals surface area contributed by atoms with Crippen LogP contribution in [-0.2, 0) is 0 Å². The zero-order valence-electron chi connectivity index (χ0n) is 20.8. The summed E-state index contributed by atoms with van der Waals surface area (Å²) in [5.74, 6) is 1.21. The van der Waals surface area contributed by atoms with Crippen molar-refractivity contribution in [3.63, 3.8) is 0 Å². The maximum Gasteiger partial charge on any atom is 0.266 e. The number of thiophene rings is 1. The lowest BCUT2D eigenvalue weighted by atomic mass is 9.98. The summed E-state index contributed by atoms with van der Waals surface area (Å²) in [6.07, 6.45) is 0. The highest BCUT2D eigenvalue weighted by atomic mass is 32.1. The van der Waals surface area contributed by atoms with Crippen LogP contribution in [0.2, 0.25) is 0 Å².